The third-order valence-corrected chi connectivity index (χ3v) is 3.40. The molecule has 1 aromatic carbocycles. The molecule has 1 aromatic heterocycles. The van der Waals surface area contributed by atoms with Crippen molar-refractivity contribution < 1.29 is 9.34 Å². The number of nitro benzene ring substituents is 1. The van der Waals surface area contributed by atoms with Gasteiger partial charge >= 0.3 is 0 Å². The topological polar surface area (TPSA) is 68.3 Å². The van der Waals surface area contributed by atoms with Gasteiger partial charge in [-0.05, 0) is 27.6 Å². The molecule has 2 rings (SSSR count). The predicted molar refractivity (Wildman–Crippen MR) is 70.0 cm³/mol. The third kappa shape index (κ3) is 2.96. The Bertz CT molecular complexity index is 540. The van der Waals surface area contributed by atoms with E-state index in [1.807, 2.05) is 12.1 Å². The lowest BCUT2D eigenvalue weighted by Crippen LogP contribution is -2.12. The monoisotopic (exact) mass is 310 g/mol. The summed E-state index contributed by atoms with van der Waals surface area (Å²) in [6, 6.07) is 6.87. The van der Waals surface area contributed by atoms with Gasteiger partial charge in [0.05, 0.1) is 21.9 Å². The van der Waals surface area contributed by atoms with Crippen molar-refractivity contribution in [1.29, 1.82) is 0 Å². The molecule has 0 aliphatic rings. The first-order chi connectivity index (χ1) is 8.68. The fourth-order valence-electron chi connectivity index (χ4n) is 1.58. The minimum Gasteiger partial charge on any atom is -0.472 e. The van der Waals surface area contributed by atoms with Crippen LogP contribution in [0, 0.1) is 10.1 Å². The Hall–Kier alpha value is -1.66. The predicted octanol–water partition coefficient (Wildman–Crippen LogP) is 3.24. The van der Waals surface area contributed by atoms with Crippen molar-refractivity contribution >= 4 is 21.6 Å². The lowest BCUT2D eigenvalue weighted by Gasteiger charge is -2.06. The van der Waals surface area contributed by atoms with Crippen LogP contribution in [-0.4, -0.2) is 4.92 Å². The van der Waals surface area contributed by atoms with Crippen molar-refractivity contribution in [3.05, 3.63) is 62.5 Å². The van der Waals surface area contributed by atoms with Gasteiger partial charge in [-0.2, -0.15) is 0 Å². The summed E-state index contributed by atoms with van der Waals surface area (Å²) in [4.78, 5) is 10.4. The molecule has 5 nitrogen and oxygen atoms in total. The molecule has 0 fully saturated rings. The summed E-state index contributed by atoms with van der Waals surface area (Å²) in [5.41, 5.74) is 1.97. The van der Waals surface area contributed by atoms with Gasteiger partial charge in [-0.25, -0.2) is 0 Å². The van der Waals surface area contributed by atoms with Crippen LogP contribution in [0.3, 0.4) is 0 Å². The molecule has 1 heterocycles. The summed E-state index contributed by atoms with van der Waals surface area (Å²) in [6.07, 6.45) is 3.27. The average Bonchev–Trinajstić information content (AvgIpc) is 2.84. The van der Waals surface area contributed by atoms with Gasteiger partial charge in [-0.3, -0.25) is 10.1 Å². The number of halogens is 1. The Morgan fingerprint density at radius 2 is 2.17 bits per heavy atom. The first-order valence-electron chi connectivity index (χ1n) is 5.32. The molecule has 0 saturated carbocycles. The Labute approximate surface area is 112 Å². The molecule has 0 unspecified atom stereocenters. The van der Waals surface area contributed by atoms with E-state index < -0.39 is 4.92 Å². The molecule has 0 aliphatic carbocycles. The Morgan fingerprint density at radius 3 is 2.83 bits per heavy atom. The van der Waals surface area contributed by atoms with Gasteiger partial charge in [0.2, 0.25) is 0 Å². The van der Waals surface area contributed by atoms with E-state index in [1.165, 1.54) is 6.07 Å². The molecule has 0 radical (unpaired) electrons. The number of benzene rings is 1. The first kappa shape index (κ1) is 12.8. The maximum atomic E-state index is 10.8. The van der Waals surface area contributed by atoms with Crippen LogP contribution in [0.2, 0.25) is 0 Å². The van der Waals surface area contributed by atoms with Crippen LogP contribution >= 0.6 is 15.9 Å². The van der Waals surface area contributed by atoms with Crippen LogP contribution < -0.4 is 5.32 Å². The van der Waals surface area contributed by atoms with Crippen LogP contribution in [0.15, 0.2) is 45.7 Å². The van der Waals surface area contributed by atoms with Crippen LogP contribution in [0.25, 0.3) is 0 Å². The maximum Gasteiger partial charge on any atom is 0.283 e. The number of hydrogen-bond donors (Lipinski definition) is 1. The summed E-state index contributed by atoms with van der Waals surface area (Å²) in [7, 11) is 0. The molecular weight excluding hydrogens is 300 g/mol. The lowest BCUT2D eigenvalue weighted by molar-refractivity contribution is -0.385. The number of nitrogens with one attached hydrogen (secondary N) is 1. The van der Waals surface area contributed by atoms with Crippen molar-refractivity contribution in [3.63, 3.8) is 0 Å². The average molecular weight is 311 g/mol. The minimum atomic E-state index is -0.399. The maximum absolute atomic E-state index is 10.8. The van der Waals surface area contributed by atoms with Gasteiger partial charge < -0.3 is 9.73 Å². The van der Waals surface area contributed by atoms with Gasteiger partial charge in [0.1, 0.15) is 0 Å². The van der Waals surface area contributed by atoms with E-state index in [2.05, 4.69) is 21.2 Å². The summed E-state index contributed by atoms with van der Waals surface area (Å²) in [6.45, 7) is 1.21. The van der Waals surface area contributed by atoms with Crippen LogP contribution in [0.4, 0.5) is 5.69 Å². The zero-order chi connectivity index (χ0) is 13.0. The van der Waals surface area contributed by atoms with Crippen LogP contribution in [-0.2, 0) is 13.1 Å². The first-order valence-corrected chi connectivity index (χ1v) is 6.11. The highest BCUT2D eigenvalue weighted by Gasteiger charge is 2.14. The number of nitro groups is 1. The number of hydrogen-bond acceptors (Lipinski definition) is 4. The van der Waals surface area contributed by atoms with Crippen molar-refractivity contribution in [2.75, 3.05) is 0 Å². The fraction of sp³-hybridized carbons (Fsp3) is 0.167. The molecule has 2 aromatic rings. The second kappa shape index (κ2) is 5.79. The quantitative estimate of drug-likeness (QED) is 0.680. The smallest absolute Gasteiger partial charge is 0.283 e. The molecule has 0 atom stereocenters. The second-order valence-electron chi connectivity index (χ2n) is 3.74. The molecule has 1 N–H and O–H groups in total. The normalized spacial score (nSPS) is 10.5. The van der Waals surface area contributed by atoms with E-state index in [-0.39, 0.29) is 5.69 Å². The van der Waals surface area contributed by atoms with Crippen molar-refractivity contribution in [1.82, 2.24) is 5.32 Å². The number of furan rings is 1. The molecule has 0 saturated heterocycles. The van der Waals surface area contributed by atoms with Gasteiger partial charge in [0, 0.05) is 24.7 Å². The summed E-state index contributed by atoms with van der Waals surface area (Å²) in [5, 5.41) is 14.0. The second-order valence-corrected chi connectivity index (χ2v) is 4.54. The van der Waals surface area contributed by atoms with Crippen molar-refractivity contribution in [2.45, 2.75) is 13.1 Å². The Kier molecular flexibility index (Phi) is 4.11. The molecule has 0 amide bonds. The molecule has 6 heteroatoms. The van der Waals surface area contributed by atoms with E-state index in [4.69, 9.17) is 4.42 Å². The highest BCUT2D eigenvalue weighted by Crippen LogP contribution is 2.28. The van der Waals surface area contributed by atoms with E-state index >= 15 is 0 Å². The molecule has 18 heavy (non-hydrogen) atoms. The van der Waals surface area contributed by atoms with Gasteiger partial charge in [-0.1, -0.05) is 12.1 Å². The summed E-state index contributed by atoms with van der Waals surface area (Å²) >= 11 is 3.26. The summed E-state index contributed by atoms with van der Waals surface area (Å²) in [5.74, 6) is 0. The van der Waals surface area contributed by atoms with Crippen molar-refractivity contribution in [2.24, 2.45) is 0 Å². The fourth-order valence-corrected chi connectivity index (χ4v) is 2.13. The van der Waals surface area contributed by atoms with Gasteiger partial charge in [0.25, 0.3) is 5.69 Å². The van der Waals surface area contributed by atoms with E-state index in [0.29, 0.717) is 17.6 Å². The molecule has 0 aliphatic heterocycles. The molecule has 0 spiro atoms. The van der Waals surface area contributed by atoms with E-state index in [1.54, 1.807) is 18.6 Å². The zero-order valence-corrected chi connectivity index (χ0v) is 11.0. The van der Waals surface area contributed by atoms with E-state index in [9.17, 15) is 10.1 Å². The third-order valence-electron chi connectivity index (χ3n) is 2.48. The number of nitrogens with zero attached hydrogens (tertiary/aromatic N) is 1. The SMILES string of the molecule is O=[N+]([O-])c1cccc(CNCc2ccoc2)c1Br. The zero-order valence-electron chi connectivity index (χ0n) is 9.43. The van der Waals surface area contributed by atoms with Crippen molar-refractivity contribution in [3.8, 4) is 0 Å². The summed E-state index contributed by atoms with van der Waals surface area (Å²) < 4.78 is 5.48. The molecule has 0 bridgehead atoms. The lowest BCUT2D eigenvalue weighted by atomic mass is 10.2. The Morgan fingerprint density at radius 1 is 1.33 bits per heavy atom. The molecule has 94 valence electrons. The van der Waals surface area contributed by atoms with Crippen LogP contribution in [0.1, 0.15) is 11.1 Å². The minimum absolute atomic E-state index is 0.0811. The highest BCUT2D eigenvalue weighted by atomic mass is 79.9. The number of rotatable bonds is 5. The van der Waals surface area contributed by atoms with E-state index in [0.717, 1.165) is 11.1 Å². The van der Waals surface area contributed by atoms with Gasteiger partial charge in [-0.15, -0.1) is 0 Å². The Balaban J connectivity index is 2.01. The highest BCUT2D eigenvalue weighted by molar-refractivity contribution is 9.10. The van der Waals surface area contributed by atoms with Crippen LogP contribution in [0.5, 0.6) is 0 Å². The standard InChI is InChI=1S/C12H11BrN2O3/c13-12-10(2-1-3-11(12)15(16)17)7-14-6-9-4-5-18-8-9/h1-5,8,14H,6-7H2. The largest absolute Gasteiger partial charge is 0.472 e. The van der Waals surface area contributed by atoms with Gasteiger partial charge in [0.15, 0.2) is 0 Å². The molecular formula is C12H11BrN2O3.